The lowest BCUT2D eigenvalue weighted by Crippen LogP contribution is -2.40. The van der Waals surface area contributed by atoms with Crippen LogP contribution in [0.5, 0.6) is 0 Å². The molecule has 10 heteroatoms. The van der Waals surface area contributed by atoms with Crippen LogP contribution in [-0.2, 0) is 9.47 Å². The van der Waals surface area contributed by atoms with Gasteiger partial charge in [-0.2, -0.15) is 4.98 Å². The number of nitrogens with two attached hydrogens (primary N) is 2. The number of halogens is 2. The highest BCUT2D eigenvalue weighted by Crippen LogP contribution is 2.65. The van der Waals surface area contributed by atoms with Crippen LogP contribution in [0.2, 0.25) is 0 Å². The van der Waals surface area contributed by atoms with E-state index >= 15 is 0 Å². The number of hydrogen-bond donors (Lipinski definition) is 3. The molecule has 1 saturated heterocycles. The number of aliphatic hydroxyl groups is 1. The number of anilines is 1. The van der Waals surface area contributed by atoms with Crippen molar-refractivity contribution in [2.24, 2.45) is 11.7 Å². The van der Waals surface area contributed by atoms with Gasteiger partial charge in [0.05, 0.1) is 12.5 Å². The Morgan fingerprint density at radius 1 is 1.60 bits per heavy atom. The van der Waals surface area contributed by atoms with Crippen LogP contribution in [0.25, 0.3) is 0 Å². The van der Waals surface area contributed by atoms with Gasteiger partial charge in [0.15, 0.2) is 18.0 Å². The van der Waals surface area contributed by atoms with Gasteiger partial charge < -0.3 is 26.0 Å². The molecule has 0 spiro atoms. The van der Waals surface area contributed by atoms with Crippen molar-refractivity contribution in [1.82, 2.24) is 9.55 Å². The average molecular weight is 377 g/mol. The number of ether oxygens (including phenoxy) is 2. The minimum atomic E-state index is -1.95. The number of aromatic nitrogens is 2. The Hall–Kier alpha value is -1.26. The summed E-state index contributed by atoms with van der Waals surface area (Å²) < 4.78 is 27.2. The van der Waals surface area contributed by atoms with E-state index in [2.05, 4.69) is 4.98 Å². The Kier molecular flexibility index (Phi) is 4.57. The molecule has 2 fully saturated rings. The van der Waals surface area contributed by atoms with Gasteiger partial charge in [-0.3, -0.25) is 4.57 Å². The summed E-state index contributed by atoms with van der Waals surface area (Å²) in [6, 6.07) is 1.07. The average Bonchev–Trinajstić information content (AvgIpc) is 2.99. The van der Waals surface area contributed by atoms with Gasteiger partial charge in [0.25, 0.3) is 0 Å². The topological polar surface area (TPSA) is 126 Å². The second kappa shape index (κ2) is 6.17. The molecule has 1 saturated carbocycles. The predicted octanol–water partition coefficient (Wildman–Crippen LogP) is -0.217. The molecule has 25 heavy (non-hydrogen) atoms. The normalized spacial score (nSPS) is 38.0. The van der Waals surface area contributed by atoms with Crippen molar-refractivity contribution in [3.8, 4) is 0 Å². The van der Waals surface area contributed by atoms with Crippen LogP contribution in [-0.4, -0.2) is 56.7 Å². The molecule has 6 atom stereocenters. The second-order valence-electron chi connectivity index (χ2n) is 6.92. The van der Waals surface area contributed by atoms with Gasteiger partial charge in [-0.25, -0.2) is 9.18 Å². The molecule has 1 unspecified atom stereocenters. The SMILES string of the molecule is CC(C)C(N)CO[C@@H]1[C@]2(O)[C@@H](F)[C@H](n3ccc(N)nc3=O)O[C@]12CCl. The summed E-state index contributed by atoms with van der Waals surface area (Å²) >= 11 is 5.95. The molecule has 0 aromatic carbocycles. The molecule has 0 amide bonds. The highest BCUT2D eigenvalue weighted by molar-refractivity contribution is 6.19. The van der Waals surface area contributed by atoms with Crippen molar-refractivity contribution in [3.63, 3.8) is 0 Å². The molecular weight excluding hydrogens is 355 g/mol. The van der Waals surface area contributed by atoms with E-state index < -0.39 is 35.4 Å². The molecule has 1 aromatic heterocycles. The third kappa shape index (κ3) is 2.57. The summed E-state index contributed by atoms with van der Waals surface area (Å²) in [6.45, 7) is 3.99. The molecule has 3 rings (SSSR count). The summed E-state index contributed by atoms with van der Waals surface area (Å²) in [5, 5.41) is 10.8. The molecule has 0 radical (unpaired) electrons. The zero-order valence-corrected chi connectivity index (χ0v) is 14.7. The molecular formula is C15H22ClFN4O4. The maximum Gasteiger partial charge on any atom is 0.351 e. The molecule has 1 aliphatic heterocycles. The number of nitrogens with zero attached hydrogens (tertiary/aromatic N) is 2. The number of alkyl halides is 2. The Labute approximate surface area is 148 Å². The number of rotatable bonds is 6. The van der Waals surface area contributed by atoms with Crippen LogP contribution in [0.4, 0.5) is 10.2 Å². The fourth-order valence-electron chi connectivity index (χ4n) is 3.19. The van der Waals surface area contributed by atoms with Gasteiger partial charge in [0.1, 0.15) is 17.5 Å². The van der Waals surface area contributed by atoms with Crippen molar-refractivity contribution < 1.29 is 19.0 Å². The molecule has 8 nitrogen and oxygen atoms in total. The second-order valence-corrected chi connectivity index (χ2v) is 7.19. The first-order chi connectivity index (χ1) is 11.7. The van der Waals surface area contributed by atoms with E-state index in [1.54, 1.807) is 0 Å². The Balaban J connectivity index is 1.80. The zero-order valence-electron chi connectivity index (χ0n) is 13.9. The summed E-state index contributed by atoms with van der Waals surface area (Å²) in [5.74, 6) is -0.0250. The van der Waals surface area contributed by atoms with E-state index in [1.165, 1.54) is 12.3 Å². The lowest BCUT2D eigenvalue weighted by Gasteiger charge is -2.24. The maximum atomic E-state index is 15.0. The van der Waals surface area contributed by atoms with Crippen molar-refractivity contribution >= 4 is 17.4 Å². The monoisotopic (exact) mass is 376 g/mol. The lowest BCUT2D eigenvalue weighted by atomic mass is 10.1. The van der Waals surface area contributed by atoms with Gasteiger partial charge in [-0.15, -0.1) is 11.6 Å². The predicted molar refractivity (Wildman–Crippen MR) is 88.9 cm³/mol. The third-order valence-electron chi connectivity index (χ3n) is 5.06. The maximum absolute atomic E-state index is 15.0. The molecule has 0 bridgehead atoms. The van der Waals surface area contributed by atoms with E-state index in [1.807, 2.05) is 13.8 Å². The minimum Gasteiger partial charge on any atom is -0.383 e. The highest BCUT2D eigenvalue weighted by atomic mass is 35.5. The largest absolute Gasteiger partial charge is 0.383 e. The van der Waals surface area contributed by atoms with Crippen molar-refractivity contribution in [2.75, 3.05) is 18.2 Å². The molecule has 1 aromatic rings. The minimum absolute atomic E-state index is 0.00876. The quantitative estimate of drug-likeness (QED) is 0.586. The number of fused-ring (bicyclic) bond motifs is 1. The van der Waals surface area contributed by atoms with Crippen LogP contribution in [0.3, 0.4) is 0 Å². The fourth-order valence-corrected chi connectivity index (χ4v) is 3.61. The first-order valence-electron chi connectivity index (χ1n) is 8.01. The van der Waals surface area contributed by atoms with Gasteiger partial charge in [-0.1, -0.05) is 13.8 Å². The summed E-state index contributed by atoms with van der Waals surface area (Å²) in [7, 11) is 0. The molecule has 5 N–H and O–H groups in total. The van der Waals surface area contributed by atoms with E-state index in [-0.39, 0.29) is 30.3 Å². The third-order valence-corrected chi connectivity index (χ3v) is 5.45. The number of nitrogen functional groups attached to an aromatic ring is 1. The Bertz CT molecular complexity index is 715. The van der Waals surface area contributed by atoms with Gasteiger partial charge in [0, 0.05) is 12.2 Å². The van der Waals surface area contributed by atoms with Gasteiger partial charge in [0.2, 0.25) is 0 Å². The van der Waals surface area contributed by atoms with Gasteiger partial charge in [-0.05, 0) is 12.0 Å². The van der Waals surface area contributed by atoms with Crippen molar-refractivity contribution in [3.05, 3.63) is 22.7 Å². The molecule has 140 valence electrons. The Morgan fingerprint density at radius 2 is 2.28 bits per heavy atom. The number of hydrogen-bond acceptors (Lipinski definition) is 7. The van der Waals surface area contributed by atoms with Crippen molar-refractivity contribution in [2.45, 2.75) is 49.6 Å². The molecule has 1 aliphatic carbocycles. The first kappa shape index (κ1) is 18.5. The summed E-state index contributed by atoms with van der Waals surface area (Å²) in [5.41, 5.74) is 7.19. The molecule has 2 heterocycles. The van der Waals surface area contributed by atoms with E-state index in [0.29, 0.717) is 0 Å². The van der Waals surface area contributed by atoms with Crippen molar-refractivity contribution in [1.29, 1.82) is 0 Å². The highest BCUT2D eigenvalue weighted by Gasteiger charge is 2.88. The van der Waals surface area contributed by atoms with E-state index in [4.69, 9.17) is 32.5 Å². The molecule has 2 aliphatic rings. The fraction of sp³-hybridized carbons (Fsp3) is 0.733. The smallest absolute Gasteiger partial charge is 0.351 e. The van der Waals surface area contributed by atoms with Crippen LogP contribution in [0, 0.1) is 5.92 Å². The Morgan fingerprint density at radius 3 is 2.80 bits per heavy atom. The standard InChI is InChI=1S/C15H22ClFN4O4/c1-7(2)8(18)5-24-12-14(6-16)15(12,23)10(17)11(25-14)21-4-3-9(19)20-13(21)22/h3-4,7-8,10-12,23H,5-6,18H2,1-2H3,(H2,19,20,22)/t8?,10-,11+,12-,14+,15+/m0/s1. The first-order valence-corrected chi connectivity index (χ1v) is 8.54. The van der Waals surface area contributed by atoms with Crippen LogP contribution in [0.15, 0.2) is 17.1 Å². The van der Waals surface area contributed by atoms with Crippen LogP contribution in [0.1, 0.15) is 20.1 Å². The van der Waals surface area contributed by atoms with E-state index in [9.17, 15) is 14.3 Å². The lowest BCUT2D eigenvalue weighted by molar-refractivity contribution is -0.104. The summed E-state index contributed by atoms with van der Waals surface area (Å²) in [6.07, 6.45) is -2.97. The zero-order chi connectivity index (χ0) is 18.6. The van der Waals surface area contributed by atoms with Crippen LogP contribution < -0.4 is 17.2 Å². The summed E-state index contributed by atoms with van der Waals surface area (Å²) in [4.78, 5) is 15.5. The van der Waals surface area contributed by atoms with Gasteiger partial charge >= 0.3 is 5.69 Å². The van der Waals surface area contributed by atoms with Crippen LogP contribution >= 0.6 is 11.6 Å². The van der Waals surface area contributed by atoms with E-state index in [0.717, 1.165) is 4.57 Å².